The maximum absolute atomic E-state index is 14.3. The summed E-state index contributed by atoms with van der Waals surface area (Å²) in [6, 6.07) is 12.7. The molecule has 7 heteroatoms. The molecule has 1 aliphatic heterocycles. The Morgan fingerprint density at radius 1 is 1.19 bits per heavy atom. The third kappa shape index (κ3) is 4.17. The van der Waals surface area contributed by atoms with Crippen molar-refractivity contribution in [3.8, 4) is 0 Å². The molecule has 4 nitrogen and oxygen atoms in total. The summed E-state index contributed by atoms with van der Waals surface area (Å²) in [6.45, 7) is 6.87. The lowest BCUT2D eigenvalue weighted by molar-refractivity contribution is -0.133. The predicted octanol–water partition coefficient (Wildman–Crippen LogP) is 6.10. The number of hydrogen-bond donors (Lipinski definition) is 0. The zero-order valence-electron chi connectivity index (χ0n) is 18.7. The van der Waals surface area contributed by atoms with Crippen molar-refractivity contribution >= 4 is 54.3 Å². The molecule has 0 spiro atoms. The van der Waals surface area contributed by atoms with Crippen LogP contribution in [0.5, 0.6) is 0 Å². The highest BCUT2D eigenvalue weighted by Gasteiger charge is 2.60. The molecule has 1 heterocycles. The number of halogens is 2. The normalized spacial score (nSPS) is 23.0. The average Bonchev–Trinajstić information content (AvgIpc) is 3.13. The van der Waals surface area contributed by atoms with Gasteiger partial charge < -0.3 is 4.90 Å². The van der Waals surface area contributed by atoms with Crippen LogP contribution in [0.15, 0.2) is 51.8 Å². The summed E-state index contributed by atoms with van der Waals surface area (Å²) in [4.78, 5) is 15.5. The van der Waals surface area contributed by atoms with Gasteiger partial charge in [-0.15, -0.1) is 0 Å². The first-order chi connectivity index (χ1) is 15.0. The molecule has 0 radical (unpaired) electrons. The lowest BCUT2D eigenvalue weighted by Gasteiger charge is -2.42. The number of nitrogens with zero attached hydrogens (tertiary/aromatic N) is 1. The number of benzene rings is 2. The molecule has 1 fully saturated rings. The van der Waals surface area contributed by atoms with Gasteiger partial charge in [-0.3, -0.25) is 4.79 Å². The van der Waals surface area contributed by atoms with E-state index < -0.39 is 14.6 Å². The van der Waals surface area contributed by atoms with Gasteiger partial charge in [0.05, 0.1) is 10.9 Å². The molecule has 2 aromatic rings. The van der Waals surface area contributed by atoms with Crippen molar-refractivity contribution in [2.75, 3.05) is 6.54 Å². The first kappa shape index (κ1) is 24.2. The molecule has 1 aliphatic carbocycles. The van der Waals surface area contributed by atoms with Crippen LogP contribution in [-0.4, -0.2) is 31.8 Å². The van der Waals surface area contributed by atoms with Crippen molar-refractivity contribution in [2.24, 2.45) is 5.41 Å². The predicted molar refractivity (Wildman–Crippen MR) is 139 cm³/mol. The van der Waals surface area contributed by atoms with Crippen molar-refractivity contribution in [3.63, 3.8) is 0 Å². The summed E-state index contributed by atoms with van der Waals surface area (Å²) in [7, 11) is -3.73. The van der Waals surface area contributed by atoms with E-state index in [-0.39, 0.29) is 17.4 Å². The zero-order valence-corrected chi connectivity index (χ0v) is 23.3. The van der Waals surface area contributed by atoms with Crippen LogP contribution in [0.3, 0.4) is 0 Å². The molecule has 1 amide bonds. The Bertz CT molecular complexity index is 1140. The highest BCUT2D eigenvalue weighted by Crippen LogP contribution is 2.53. The molecule has 1 saturated heterocycles. The molecule has 0 saturated carbocycles. The van der Waals surface area contributed by atoms with Gasteiger partial charge in [0.25, 0.3) is 0 Å². The maximum atomic E-state index is 14.3. The Morgan fingerprint density at radius 2 is 1.88 bits per heavy atom. The van der Waals surface area contributed by atoms with Gasteiger partial charge in [0.1, 0.15) is 4.75 Å². The number of likely N-dealkylation sites (tertiary alicyclic amines) is 1. The van der Waals surface area contributed by atoms with Crippen LogP contribution in [0, 0.1) is 8.99 Å². The van der Waals surface area contributed by atoms with Crippen LogP contribution in [0.1, 0.15) is 57.6 Å². The van der Waals surface area contributed by atoms with Crippen LogP contribution < -0.4 is 0 Å². The van der Waals surface area contributed by atoms with Crippen LogP contribution in [-0.2, 0) is 25.8 Å². The van der Waals surface area contributed by atoms with Crippen molar-refractivity contribution in [1.29, 1.82) is 0 Å². The highest BCUT2D eigenvalue weighted by atomic mass is 127. The topological polar surface area (TPSA) is 54.5 Å². The van der Waals surface area contributed by atoms with Gasteiger partial charge >= 0.3 is 0 Å². The quantitative estimate of drug-likeness (QED) is 0.384. The molecule has 172 valence electrons. The zero-order chi connectivity index (χ0) is 23.3. The number of aryl methyl sites for hydroxylation is 1. The molecule has 0 N–H and O–H groups in total. The lowest BCUT2D eigenvalue weighted by Crippen LogP contribution is -2.52. The van der Waals surface area contributed by atoms with Gasteiger partial charge in [-0.1, -0.05) is 42.8 Å². The van der Waals surface area contributed by atoms with Crippen LogP contribution >= 0.6 is 38.5 Å². The second kappa shape index (κ2) is 8.69. The average molecular weight is 630 g/mol. The molecule has 4 rings (SSSR count). The van der Waals surface area contributed by atoms with E-state index in [1.54, 1.807) is 12.1 Å². The Hall–Kier alpha value is -0.930. The van der Waals surface area contributed by atoms with E-state index in [1.807, 2.05) is 35.2 Å². The van der Waals surface area contributed by atoms with Crippen molar-refractivity contribution in [2.45, 2.75) is 68.6 Å². The summed E-state index contributed by atoms with van der Waals surface area (Å²) >= 11 is 5.73. The first-order valence-corrected chi connectivity index (χ1v) is 14.4. The number of sulfone groups is 1. The Morgan fingerprint density at radius 3 is 2.53 bits per heavy atom. The summed E-state index contributed by atoms with van der Waals surface area (Å²) in [5.74, 6) is 0.0742. The van der Waals surface area contributed by atoms with Gasteiger partial charge in [0, 0.05) is 21.0 Å². The molecular weight excluding hydrogens is 601 g/mol. The number of fused-ring (bicyclic) bond motifs is 3. The van der Waals surface area contributed by atoms with Crippen LogP contribution in [0.25, 0.3) is 0 Å². The third-order valence-corrected chi connectivity index (χ3v) is 10.6. The van der Waals surface area contributed by atoms with E-state index in [1.165, 1.54) is 0 Å². The minimum Gasteiger partial charge on any atom is -0.338 e. The number of amides is 1. The molecule has 0 unspecified atom stereocenters. The third-order valence-electron chi connectivity index (χ3n) is 6.86. The van der Waals surface area contributed by atoms with E-state index in [2.05, 4.69) is 59.3 Å². The van der Waals surface area contributed by atoms with Crippen LogP contribution in [0.4, 0.5) is 0 Å². The summed E-state index contributed by atoms with van der Waals surface area (Å²) < 4.78 is 29.4. The van der Waals surface area contributed by atoms with Crippen molar-refractivity contribution in [1.82, 2.24) is 4.90 Å². The standard InChI is InChI=1S/C25H29BrINO3S/c1-24(2,3)13-12-23(29)28-15-14-25(32(30,31)20-8-6-19(27)7-9-20)21-10-5-18(26)16-17(21)4-11-22(25)28/h5-10,16,22H,4,11-15H2,1-3H3/t22-,25-/m1/s1. The summed E-state index contributed by atoms with van der Waals surface area (Å²) in [5.41, 5.74) is 1.99. The fourth-order valence-electron chi connectivity index (χ4n) is 5.24. The number of carbonyl (C=O) groups excluding carboxylic acids is 1. The van der Waals surface area contributed by atoms with Crippen molar-refractivity contribution < 1.29 is 13.2 Å². The Labute approximate surface area is 213 Å². The molecule has 0 bridgehead atoms. The fourth-order valence-corrected chi connectivity index (χ4v) is 8.38. The molecule has 2 aliphatic rings. The van der Waals surface area contributed by atoms with E-state index >= 15 is 0 Å². The second-order valence-electron chi connectivity index (χ2n) is 10.1. The number of carbonyl (C=O) groups is 1. The molecular formula is C25H29BrINO3S. The van der Waals surface area contributed by atoms with E-state index in [4.69, 9.17) is 0 Å². The molecule has 0 aromatic heterocycles. The first-order valence-electron chi connectivity index (χ1n) is 11.0. The second-order valence-corrected chi connectivity index (χ2v) is 14.5. The Kier molecular flexibility index (Phi) is 6.57. The summed E-state index contributed by atoms with van der Waals surface area (Å²) in [5, 5.41) is 0. The minimum absolute atomic E-state index is 0.0607. The van der Waals surface area contributed by atoms with Gasteiger partial charge in [-0.25, -0.2) is 8.42 Å². The summed E-state index contributed by atoms with van der Waals surface area (Å²) in [6.07, 6.45) is 3.10. The van der Waals surface area contributed by atoms with Gasteiger partial charge in [-0.05, 0) is 101 Å². The lowest BCUT2D eigenvalue weighted by atomic mass is 9.78. The highest BCUT2D eigenvalue weighted by molar-refractivity contribution is 14.1. The van der Waals surface area contributed by atoms with Gasteiger partial charge in [0.2, 0.25) is 5.91 Å². The molecule has 2 atom stereocenters. The van der Waals surface area contributed by atoms with E-state index in [0.29, 0.717) is 30.7 Å². The molecule has 32 heavy (non-hydrogen) atoms. The van der Waals surface area contributed by atoms with Gasteiger partial charge in [-0.2, -0.15) is 0 Å². The Balaban J connectivity index is 1.82. The number of hydrogen-bond acceptors (Lipinski definition) is 3. The minimum atomic E-state index is -3.73. The molecule has 2 aromatic carbocycles. The maximum Gasteiger partial charge on any atom is 0.222 e. The smallest absolute Gasteiger partial charge is 0.222 e. The monoisotopic (exact) mass is 629 g/mol. The van der Waals surface area contributed by atoms with E-state index in [0.717, 1.165) is 32.0 Å². The SMILES string of the molecule is CC(C)(C)CCC(=O)N1CC[C@@]2(S(=O)(=O)c3ccc(I)cc3)c3ccc(Br)cc3CC[C@@H]12. The largest absolute Gasteiger partial charge is 0.338 e. The van der Waals surface area contributed by atoms with E-state index in [9.17, 15) is 13.2 Å². The fraction of sp³-hybridized carbons (Fsp3) is 0.480. The number of rotatable bonds is 4. The van der Waals surface area contributed by atoms with Gasteiger partial charge in [0.15, 0.2) is 9.84 Å². The van der Waals surface area contributed by atoms with Crippen LogP contribution in [0.2, 0.25) is 0 Å². The van der Waals surface area contributed by atoms with Crippen molar-refractivity contribution in [3.05, 3.63) is 61.6 Å².